The van der Waals surface area contributed by atoms with E-state index >= 15 is 0 Å². The molecule has 0 aliphatic carbocycles. The third-order valence-corrected chi connectivity index (χ3v) is 14.3. The highest BCUT2D eigenvalue weighted by Crippen LogP contribution is 2.44. The first-order valence-corrected chi connectivity index (χ1v) is 23.6. The number of thioether (sulfide) groups is 2. The Hall–Kier alpha value is -6.94. The molecule has 0 spiro atoms. The fourth-order valence-electron chi connectivity index (χ4n) is 8.04. The third-order valence-electron chi connectivity index (χ3n) is 11.1. The summed E-state index contributed by atoms with van der Waals surface area (Å²) in [5.74, 6) is -1.62. The topological polar surface area (TPSA) is 149 Å². The molecule has 2 N–H and O–H groups in total. The second kappa shape index (κ2) is 19.4. The summed E-state index contributed by atoms with van der Waals surface area (Å²) in [4.78, 5) is 67.0. The number of esters is 2. The molecule has 0 bridgehead atoms. The van der Waals surface area contributed by atoms with Crippen LogP contribution in [0.15, 0.2) is 184 Å². The number of thiazole rings is 1. The van der Waals surface area contributed by atoms with Gasteiger partial charge in [0.2, 0.25) is 0 Å². The zero-order valence-corrected chi connectivity index (χ0v) is 37.3. The molecular formula is C50H41N5O7S3. The highest BCUT2D eigenvalue weighted by atomic mass is 32.2. The maximum Gasteiger partial charge on any atom is 0.356 e. The summed E-state index contributed by atoms with van der Waals surface area (Å²) in [7, 11) is 1.33. The van der Waals surface area contributed by atoms with Gasteiger partial charge in [0, 0.05) is 27.9 Å². The van der Waals surface area contributed by atoms with Crippen LogP contribution in [0.3, 0.4) is 0 Å². The van der Waals surface area contributed by atoms with Crippen LogP contribution >= 0.6 is 34.9 Å². The van der Waals surface area contributed by atoms with Crippen LogP contribution in [-0.2, 0) is 39.0 Å². The van der Waals surface area contributed by atoms with E-state index in [4.69, 9.17) is 19.3 Å². The van der Waals surface area contributed by atoms with E-state index in [1.807, 2.05) is 115 Å². The van der Waals surface area contributed by atoms with Crippen molar-refractivity contribution in [2.45, 2.75) is 23.1 Å². The monoisotopic (exact) mass is 919 g/mol. The Bertz CT molecular complexity index is 2650. The van der Waals surface area contributed by atoms with Crippen molar-refractivity contribution >= 4 is 69.5 Å². The number of carbonyl (C=O) groups excluding carboxylic acids is 4. The lowest BCUT2D eigenvalue weighted by atomic mass is 9.77. The first kappa shape index (κ1) is 43.3. The number of rotatable bonds is 16. The Balaban J connectivity index is 0.979. The minimum Gasteiger partial charge on any atom is -0.457 e. The molecule has 1 fully saturated rings. The van der Waals surface area contributed by atoms with Crippen LogP contribution in [0.1, 0.15) is 39.6 Å². The maximum atomic E-state index is 14.5. The Morgan fingerprint density at radius 1 is 0.846 bits per heavy atom. The van der Waals surface area contributed by atoms with E-state index in [1.165, 1.54) is 52.9 Å². The van der Waals surface area contributed by atoms with E-state index in [9.17, 15) is 19.2 Å². The molecule has 2 atom stereocenters. The second-order valence-electron chi connectivity index (χ2n) is 15.1. The molecule has 326 valence electrons. The Labute approximate surface area is 387 Å². The lowest BCUT2D eigenvalue weighted by Crippen LogP contribution is -2.71. The molecule has 1 aromatic heterocycles. The molecule has 2 amide bonds. The van der Waals surface area contributed by atoms with Crippen molar-refractivity contribution < 1.29 is 33.5 Å². The minimum absolute atomic E-state index is 0.110. The van der Waals surface area contributed by atoms with Crippen LogP contribution in [0.2, 0.25) is 0 Å². The number of nitrogens with one attached hydrogen (secondary N) is 2. The second-order valence-corrected chi connectivity index (χ2v) is 18.1. The number of carbonyl (C=O) groups is 4. The average molecular weight is 920 g/mol. The fourth-order valence-corrected chi connectivity index (χ4v) is 11.2. The number of cyclic esters (lactones) is 1. The van der Waals surface area contributed by atoms with E-state index in [1.54, 1.807) is 5.38 Å². The molecule has 6 aromatic rings. The van der Waals surface area contributed by atoms with Gasteiger partial charge in [-0.05, 0) is 33.4 Å². The molecule has 4 heterocycles. The first-order valence-electron chi connectivity index (χ1n) is 20.6. The number of benzene rings is 5. The van der Waals surface area contributed by atoms with Gasteiger partial charge in [0.1, 0.15) is 42.1 Å². The summed E-state index contributed by atoms with van der Waals surface area (Å²) in [5.41, 5.74) is 4.45. The lowest BCUT2D eigenvalue weighted by molar-refractivity contribution is -0.154. The predicted molar refractivity (Wildman–Crippen MR) is 253 cm³/mol. The first-order chi connectivity index (χ1) is 31.8. The fraction of sp³-hybridized carbons (Fsp3) is 0.160. The van der Waals surface area contributed by atoms with E-state index < -0.39 is 46.8 Å². The van der Waals surface area contributed by atoms with Crippen LogP contribution in [0.5, 0.6) is 0 Å². The summed E-state index contributed by atoms with van der Waals surface area (Å²) in [6.45, 7) is 0.142. The van der Waals surface area contributed by atoms with Gasteiger partial charge in [0.15, 0.2) is 16.9 Å². The lowest BCUT2D eigenvalue weighted by Gasteiger charge is -2.49. The summed E-state index contributed by atoms with van der Waals surface area (Å²) in [6.07, 6.45) is 0.661. The summed E-state index contributed by atoms with van der Waals surface area (Å²) in [6, 6.07) is 48.0. The van der Waals surface area contributed by atoms with E-state index in [-0.39, 0.29) is 23.7 Å². The van der Waals surface area contributed by atoms with Crippen molar-refractivity contribution in [1.82, 2.24) is 15.2 Å². The molecule has 3 aliphatic rings. The Morgan fingerprint density at radius 3 is 1.92 bits per heavy atom. The van der Waals surface area contributed by atoms with Gasteiger partial charge in [-0.2, -0.15) is 0 Å². The molecule has 1 saturated heterocycles. The number of oxime groups is 1. The molecule has 0 saturated carbocycles. The zero-order valence-electron chi connectivity index (χ0n) is 34.9. The number of aromatic nitrogens is 1. The smallest absolute Gasteiger partial charge is 0.356 e. The SMILES string of the molecule is CO/N=C(/C(=O)N[C@@H]1C(=O)N2C(C(=O)OC(c3ccccc3)c3ccccc3)=C(CSC3=CC(=O)OC3)CS[C@H]12)c1csc(NC(c2ccccc2)(c2ccccc2)c2ccccc2)n1. The molecule has 65 heavy (non-hydrogen) atoms. The van der Waals surface area contributed by atoms with Gasteiger partial charge < -0.3 is 24.9 Å². The van der Waals surface area contributed by atoms with Gasteiger partial charge in [-0.1, -0.05) is 157 Å². The van der Waals surface area contributed by atoms with Crippen LogP contribution in [0.4, 0.5) is 5.13 Å². The molecular weight excluding hydrogens is 879 g/mol. The zero-order chi connectivity index (χ0) is 44.8. The van der Waals surface area contributed by atoms with Gasteiger partial charge in [-0.15, -0.1) is 34.9 Å². The van der Waals surface area contributed by atoms with Crippen molar-refractivity contribution in [3.8, 4) is 0 Å². The summed E-state index contributed by atoms with van der Waals surface area (Å²) >= 11 is 4.08. The Kier molecular flexibility index (Phi) is 13.0. The number of amides is 2. The van der Waals surface area contributed by atoms with E-state index in [0.29, 0.717) is 27.1 Å². The largest absolute Gasteiger partial charge is 0.457 e. The number of fused-ring (bicyclic) bond motifs is 1. The molecule has 0 unspecified atom stereocenters. The van der Waals surface area contributed by atoms with Gasteiger partial charge in [-0.3, -0.25) is 14.5 Å². The van der Waals surface area contributed by atoms with Crippen molar-refractivity contribution in [2.24, 2.45) is 5.16 Å². The molecule has 12 nitrogen and oxygen atoms in total. The standard InChI is InChI=1S/C50H41N5O7S3/c1-60-54-41(39-31-65-49(51-39)53-50(35-21-11-4-12-22-35,36-23-13-5-14-24-36)37-25-15-6-16-26-37)45(57)52-42-46(58)55-43(34(30-64-47(42)55)29-63-38-27-40(56)61-28-38)48(59)62-44(32-17-7-2-8-18-32)33-19-9-3-10-20-33/h2-27,31,42,44,47H,28-30H2,1H3,(H,51,53)(H,52,57)/b54-41+/t42-,47-/m1/s1. The molecule has 0 radical (unpaired) electrons. The Morgan fingerprint density at radius 2 is 1.40 bits per heavy atom. The van der Waals surface area contributed by atoms with Crippen molar-refractivity contribution in [1.29, 1.82) is 0 Å². The van der Waals surface area contributed by atoms with Crippen LogP contribution < -0.4 is 10.6 Å². The third kappa shape index (κ3) is 8.95. The summed E-state index contributed by atoms with van der Waals surface area (Å²) in [5, 5.41) is 12.3. The molecule has 3 aliphatic heterocycles. The van der Waals surface area contributed by atoms with Gasteiger partial charge >= 0.3 is 11.9 Å². The average Bonchev–Trinajstić information content (AvgIpc) is 4.01. The van der Waals surface area contributed by atoms with Crippen molar-refractivity contribution in [2.75, 3.05) is 30.5 Å². The highest BCUT2D eigenvalue weighted by molar-refractivity contribution is 8.03. The van der Waals surface area contributed by atoms with Gasteiger partial charge in [0.05, 0.1) is 0 Å². The number of hydrogen-bond donors (Lipinski definition) is 2. The molecule has 15 heteroatoms. The number of nitrogens with zero attached hydrogens (tertiary/aromatic N) is 3. The number of β-lactam (4-membered cyclic amide) rings is 1. The number of ether oxygens (including phenoxy) is 2. The van der Waals surface area contributed by atoms with Crippen LogP contribution in [0.25, 0.3) is 0 Å². The molecule has 5 aromatic carbocycles. The quantitative estimate of drug-likeness (QED) is 0.0320. The van der Waals surface area contributed by atoms with Crippen LogP contribution in [0, 0.1) is 0 Å². The number of anilines is 1. The summed E-state index contributed by atoms with van der Waals surface area (Å²) < 4.78 is 11.4. The normalized spacial score (nSPS) is 17.2. The van der Waals surface area contributed by atoms with Gasteiger partial charge in [-0.25, -0.2) is 14.6 Å². The highest BCUT2D eigenvalue weighted by Gasteiger charge is 2.55. The predicted octanol–water partition coefficient (Wildman–Crippen LogP) is 8.06. The van der Waals surface area contributed by atoms with E-state index in [0.717, 1.165) is 27.8 Å². The maximum absolute atomic E-state index is 14.5. The van der Waals surface area contributed by atoms with E-state index in [2.05, 4.69) is 52.2 Å². The van der Waals surface area contributed by atoms with Crippen molar-refractivity contribution in [3.05, 3.63) is 213 Å². The van der Waals surface area contributed by atoms with Crippen LogP contribution in [-0.4, -0.2) is 76.0 Å². The van der Waals surface area contributed by atoms with Crippen molar-refractivity contribution in [3.63, 3.8) is 0 Å². The number of hydrogen-bond acceptors (Lipinski definition) is 13. The molecule has 9 rings (SSSR count). The van der Waals surface area contributed by atoms with Gasteiger partial charge in [0.25, 0.3) is 11.8 Å². The minimum atomic E-state index is -1.01.